The maximum absolute atomic E-state index is 5.34. The molecule has 0 N–H and O–H groups in total. The number of aromatic nitrogens is 3. The molecule has 0 atom stereocenters. The van der Waals surface area contributed by atoms with E-state index < -0.39 is 0 Å². The van der Waals surface area contributed by atoms with Crippen molar-refractivity contribution in [2.45, 2.75) is 26.5 Å². The Kier molecular flexibility index (Phi) is 3.04. The molecule has 0 aromatic carbocycles. The van der Waals surface area contributed by atoms with Crippen molar-refractivity contribution in [3.05, 3.63) is 12.7 Å². The van der Waals surface area contributed by atoms with Gasteiger partial charge in [0.15, 0.2) is 0 Å². The average molecular weight is 155 g/mol. The molecule has 0 bridgehead atoms. The van der Waals surface area contributed by atoms with Crippen molar-refractivity contribution in [2.75, 3.05) is 6.61 Å². The molecular weight excluding hydrogens is 142 g/mol. The maximum Gasteiger partial charge on any atom is 0.119 e. The van der Waals surface area contributed by atoms with Gasteiger partial charge < -0.3 is 9.30 Å². The van der Waals surface area contributed by atoms with E-state index in [2.05, 4.69) is 10.2 Å². The third kappa shape index (κ3) is 3.13. The molecule has 0 aliphatic rings. The van der Waals surface area contributed by atoms with Crippen molar-refractivity contribution in [3.63, 3.8) is 0 Å². The van der Waals surface area contributed by atoms with Gasteiger partial charge in [-0.1, -0.05) is 0 Å². The Morgan fingerprint density at radius 1 is 1.36 bits per heavy atom. The molecule has 1 rings (SSSR count). The second-order valence-corrected chi connectivity index (χ2v) is 2.62. The van der Waals surface area contributed by atoms with Crippen LogP contribution >= 0.6 is 0 Å². The largest absolute Gasteiger partial charge is 0.377 e. The fraction of sp³-hybridized carbons (Fsp3) is 0.714. The van der Waals surface area contributed by atoms with E-state index in [4.69, 9.17) is 4.74 Å². The minimum absolute atomic E-state index is 0.298. The third-order valence-electron chi connectivity index (χ3n) is 1.27. The standard InChI is InChI=1S/C7H13N3O/c1-7(2)11-4-3-10-5-8-9-6-10/h5-7H,3-4H2,1-2H3. The van der Waals surface area contributed by atoms with Crippen LogP contribution in [0.2, 0.25) is 0 Å². The Morgan fingerprint density at radius 2 is 2.00 bits per heavy atom. The van der Waals surface area contributed by atoms with Gasteiger partial charge in [-0.15, -0.1) is 10.2 Å². The van der Waals surface area contributed by atoms with Gasteiger partial charge in [0.2, 0.25) is 0 Å². The zero-order chi connectivity index (χ0) is 8.10. The van der Waals surface area contributed by atoms with Crippen molar-refractivity contribution in [3.8, 4) is 0 Å². The lowest BCUT2D eigenvalue weighted by Crippen LogP contribution is -2.09. The quantitative estimate of drug-likeness (QED) is 0.642. The fourth-order valence-corrected chi connectivity index (χ4v) is 0.731. The van der Waals surface area contributed by atoms with E-state index in [1.54, 1.807) is 12.7 Å². The van der Waals surface area contributed by atoms with Crippen LogP contribution in [0.25, 0.3) is 0 Å². The molecule has 1 aromatic heterocycles. The van der Waals surface area contributed by atoms with Crippen LogP contribution in [-0.2, 0) is 11.3 Å². The summed E-state index contributed by atoms with van der Waals surface area (Å²) in [5, 5.41) is 7.35. The van der Waals surface area contributed by atoms with Gasteiger partial charge in [-0.3, -0.25) is 0 Å². The summed E-state index contributed by atoms with van der Waals surface area (Å²) in [6, 6.07) is 0. The molecule has 11 heavy (non-hydrogen) atoms. The molecule has 0 spiro atoms. The normalized spacial score (nSPS) is 10.8. The summed E-state index contributed by atoms with van der Waals surface area (Å²) in [7, 11) is 0. The van der Waals surface area contributed by atoms with Crippen molar-refractivity contribution in [1.82, 2.24) is 14.8 Å². The Hall–Kier alpha value is -0.900. The summed E-state index contributed by atoms with van der Waals surface area (Å²) in [6.45, 7) is 5.58. The van der Waals surface area contributed by atoms with E-state index >= 15 is 0 Å². The van der Waals surface area contributed by atoms with E-state index in [1.807, 2.05) is 18.4 Å². The summed E-state index contributed by atoms with van der Waals surface area (Å²) < 4.78 is 7.23. The average Bonchev–Trinajstić information content (AvgIpc) is 2.39. The lowest BCUT2D eigenvalue weighted by atomic mass is 10.5. The monoisotopic (exact) mass is 155 g/mol. The van der Waals surface area contributed by atoms with Crippen LogP contribution in [0.4, 0.5) is 0 Å². The van der Waals surface area contributed by atoms with Gasteiger partial charge in [0.25, 0.3) is 0 Å². The van der Waals surface area contributed by atoms with Gasteiger partial charge in [-0.05, 0) is 13.8 Å². The molecule has 0 saturated carbocycles. The van der Waals surface area contributed by atoms with Gasteiger partial charge in [-0.25, -0.2) is 0 Å². The smallest absolute Gasteiger partial charge is 0.119 e. The van der Waals surface area contributed by atoms with E-state index in [1.165, 1.54) is 0 Å². The number of hydrogen-bond donors (Lipinski definition) is 0. The predicted octanol–water partition coefficient (Wildman–Crippen LogP) is 0.703. The first-order chi connectivity index (χ1) is 5.29. The molecule has 0 radical (unpaired) electrons. The highest BCUT2D eigenvalue weighted by Crippen LogP contribution is 1.89. The van der Waals surface area contributed by atoms with E-state index in [0.29, 0.717) is 6.10 Å². The second-order valence-electron chi connectivity index (χ2n) is 2.62. The second kappa shape index (κ2) is 4.08. The number of rotatable bonds is 4. The van der Waals surface area contributed by atoms with E-state index in [0.717, 1.165) is 13.2 Å². The summed E-state index contributed by atoms with van der Waals surface area (Å²) in [5.74, 6) is 0. The van der Waals surface area contributed by atoms with Crippen LogP contribution in [0.15, 0.2) is 12.7 Å². The van der Waals surface area contributed by atoms with Crippen LogP contribution in [0, 0.1) is 0 Å². The first-order valence-electron chi connectivity index (χ1n) is 3.73. The number of ether oxygens (including phenoxy) is 1. The Bertz CT molecular complexity index is 184. The number of hydrogen-bond acceptors (Lipinski definition) is 3. The van der Waals surface area contributed by atoms with Gasteiger partial charge in [0, 0.05) is 6.54 Å². The Balaban J connectivity index is 2.14. The van der Waals surface area contributed by atoms with Gasteiger partial charge in [-0.2, -0.15) is 0 Å². The molecule has 1 aromatic rings. The minimum Gasteiger partial charge on any atom is -0.377 e. The topological polar surface area (TPSA) is 39.9 Å². The summed E-state index contributed by atoms with van der Waals surface area (Å²) in [6.07, 6.45) is 3.67. The van der Waals surface area contributed by atoms with Crippen molar-refractivity contribution in [1.29, 1.82) is 0 Å². The molecule has 0 amide bonds. The van der Waals surface area contributed by atoms with Gasteiger partial charge in [0.1, 0.15) is 12.7 Å². The number of nitrogens with zero attached hydrogens (tertiary/aromatic N) is 3. The molecule has 4 nitrogen and oxygen atoms in total. The van der Waals surface area contributed by atoms with Crippen LogP contribution in [0.3, 0.4) is 0 Å². The highest BCUT2D eigenvalue weighted by Gasteiger charge is 1.93. The fourth-order valence-electron chi connectivity index (χ4n) is 0.731. The minimum atomic E-state index is 0.298. The maximum atomic E-state index is 5.34. The SMILES string of the molecule is CC(C)OCCn1cnnc1. The van der Waals surface area contributed by atoms with Gasteiger partial charge >= 0.3 is 0 Å². The highest BCUT2D eigenvalue weighted by molar-refractivity contribution is 4.59. The van der Waals surface area contributed by atoms with Crippen LogP contribution in [0.5, 0.6) is 0 Å². The Labute approximate surface area is 66.2 Å². The first kappa shape index (κ1) is 8.20. The molecule has 1 heterocycles. The zero-order valence-electron chi connectivity index (χ0n) is 6.90. The molecule has 0 fully saturated rings. The summed E-state index contributed by atoms with van der Waals surface area (Å²) in [5.41, 5.74) is 0. The summed E-state index contributed by atoms with van der Waals surface area (Å²) >= 11 is 0. The molecule has 62 valence electrons. The lowest BCUT2D eigenvalue weighted by Gasteiger charge is -2.06. The lowest BCUT2D eigenvalue weighted by molar-refractivity contribution is 0.0727. The molecule has 0 aliphatic carbocycles. The Morgan fingerprint density at radius 3 is 2.55 bits per heavy atom. The van der Waals surface area contributed by atoms with E-state index in [9.17, 15) is 0 Å². The van der Waals surface area contributed by atoms with E-state index in [-0.39, 0.29) is 0 Å². The van der Waals surface area contributed by atoms with Crippen LogP contribution in [-0.4, -0.2) is 27.5 Å². The molecule has 0 unspecified atom stereocenters. The van der Waals surface area contributed by atoms with Crippen molar-refractivity contribution >= 4 is 0 Å². The highest BCUT2D eigenvalue weighted by atomic mass is 16.5. The molecular formula is C7H13N3O. The van der Waals surface area contributed by atoms with Crippen LogP contribution in [0.1, 0.15) is 13.8 Å². The zero-order valence-corrected chi connectivity index (χ0v) is 6.90. The van der Waals surface area contributed by atoms with Crippen molar-refractivity contribution < 1.29 is 4.74 Å². The molecule has 0 saturated heterocycles. The predicted molar refractivity (Wildman–Crippen MR) is 41.1 cm³/mol. The van der Waals surface area contributed by atoms with Gasteiger partial charge in [0.05, 0.1) is 12.7 Å². The third-order valence-corrected chi connectivity index (χ3v) is 1.27. The first-order valence-corrected chi connectivity index (χ1v) is 3.73. The summed E-state index contributed by atoms with van der Waals surface area (Å²) in [4.78, 5) is 0. The van der Waals surface area contributed by atoms with Crippen LogP contribution < -0.4 is 0 Å². The molecule has 0 aliphatic heterocycles. The molecule has 4 heteroatoms. The van der Waals surface area contributed by atoms with Crippen molar-refractivity contribution in [2.24, 2.45) is 0 Å².